The van der Waals surface area contributed by atoms with Crippen molar-refractivity contribution in [2.45, 2.75) is 32.5 Å². The van der Waals surface area contributed by atoms with Crippen LogP contribution in [0.25, 0.3) is 5.69 Å². The molecule has 0 radical (unpaired) electrons. The molecule has 2 atom stereocenters. The van der Waals surface area contributed by atoms with E-state index in [1.807, 2.05) is 54.8 Å². The topological polar surface area (TPSA) is 98.3 Å². The number of nitrogens with one attached hydrogen (secondary N) is 1. The summed E-state index contributed by atoms with van der Waals surface area (Å²) in [6, 6.07) is 18.2. The first-order valence-electron chi connectivity index (χ1n) is 11.8. The minimum absolute atomic E-state index is 0.0283. The van der Waals surface area contributed by atoms with Crippen LogP contribution in [0.2, 0.25) is 0 Å². The maximum absolute atomic E-state index is 12.0. The molecule has 10 heteroatoms. The summed E-state index contributed by atoms with van der Waals surface area (Å²) in [5.41, 5.74) is 4.95. The molecule has 0 aliphatic carbocycles. The fraction of sp³-hybridized carbons (Fsp3) is 0.222. The van der Waals surface area contributed by atoms with E-state index in [2.05, 4.69) is 26.3 Å². The van der Waals surface area contributed by atoms with Crippen molar-refractivity contribution in [1.29, 1.82) is 0 Å². The van der Waals surface area contributed by atoms with Gasteiger partial charge in [0.1, 0.15) is 11.4 Å². The van der Waals surface area contributed by atoms with Gasteiger partial charge in [0.05, 0.1) is 48.1 Å². The number of nitro benzene ring substituents is 1. The Bertz CT molecular complexity index is 1460. The molecule has 1 aliphatic heterocycles. The summed E-state index contributed by atoms with van der Waals surface area (Å²) in [5.74, 6) is 0.431. The monoisotopic (exact) mass is 514 g/mol. The van der Waals surface area contributed by atoms with Crippen LogP contribution in [0.3, 0.4) is 0 Å². The maximum Gasteiger partial charge on any atom is 0.296 e. The molecule has 0 amide bonds. The summed E-state index contributed by atoms with van der Waals surface area (Å²) >= 11 is 5.80. The Hall–Kier alpha value is -4.31. The summed E-state index contributed by atoms with van der Waals surface area (Å²) in [6.07, 6.45) is 3.53. The normalized spacial score (nSPS) is 17.1. The second-order valence-electron chi connectivity index (χ2n) is 8.85. The van der Waals surface area contributed by atoms with Crippen LogP contribution < -0.4 is 10.1 Å². The Morgan fingerprint density at radius 2 is 1.84 bits per heavy atom. The number of thiocarbonyl (C=S) groups is 1. The van der Waals surface area contributed by atoms with Crippen molar-refractivity contribution in [3.8, 4) is 11.4 Å². The lowest BCUT2D eigenvalue weighted by Gasteiger charge is -2.28. The largest absolute Gasteiger partial charge is 0.496 e. The summed E-state index contributed by atoms with van der Waals surface area (Å²) < 4.78 is 7.15. The molecule has 5 rings (SSSR count). The molecule has 1 aliphatic rings. The van der Waals surface area contributed by atoms with Crippen LogP contribution in [0, 0.1) is 24.0 Å². The van der Waals surface area contributed by atoms with Crippen molar-refractivity contribution in [2.24, 2.45) is 0 Å². The van der Waals surface area contributed by atoms with Gasteiger partial charge in [0, 0.05) is 23.8 Å². The first-order valence-corrected chi connectivity index (χ1v) is 12.2. The lowest BCUT2D eigenvalue weighted by atomic mass is 9.96. The molecule has 0 bridgehead atoms. The molecule has 3 aromatic heterocycles. The number of nitrogens with zero attached hydrogens (tertiary/aromatic N) is 5. The predicted octanol–water partition coefficient (Wildman–Crippen LogP) is 4.97. The van der Waals surface area contributed by atoms with Crippen molar-refractivity contribution >= 4 is 23.0 Å². The van der Waals surface area contributed by atoms with Gasteiger partial charge in [0.15, 0.2) is 5.11 Å². The van der Waals surface area contributed by atoms with Crippen LogP contribution in [0.4, 0.5) is 5.69 Å². The average molecular weight is 515 g/mol. The number of pyridine rings is 2. The molecule has 0 unspecified atom stereocenters. The van der Waals surface area contributed by atoms with Crippen molar-refractivity contribution < 1.29 is 9.66 Å². The van der Waals surface area contributed by atoms with Gasteiger partial charge in [0.25, 0.3) is 5.69 Å². The van der Waals surface area contributed by atoms with Gasteiger partial charge in [-0.25, -0.2) is 0 Å². The van der Waals surface area contributed by atoms with Crippen LogP contribution in [0.15, 0.2) is 73.1 Å². The quantitative estimate of drug-likeness (QED) is 0.210. The number of rotatable bonds is 7. The maximum atomic E-state index is 12.0. The smallest absolute Gasteiger partial charge is 0.296 e. The van der Waals surface area contributed by atoms with Gasteiger partial charge < -0.3 is 19.5 Å². The molecule has 9 nitrogen and oxygen atoms in total. The molecular formula is C27H26N6O3S. The molecule has 1 saturated heterocycles. The van der Waals surface area contributed by atoms with E-state index in [-0.39, 0.29) is 22.7 Å². The molecule has 188 valence electrons. The number of methoxy groups -OCH3 is 1. The van der Waals surface area contributed by atoms with Gasteiger partial charge in [-0.05, 0) is 74.1 Å². The van der Waals surface area contributed by atoms with Gasteiger partial charge in [-0.3, -0.25) is 20.1 Å². The van der Waals surface area contributed by atoms with E-state index < -0.39 is 0 Å². The minimum Gasteiger partial charge on any atom is -0.496 e. The Kier molecular flexibility index (Phi) is 6.58. The molecule has 1 N–H and O–H groups in total. The lowest BCUT2D eigenvalue weighted by molar-refractivity contribution is -0.384. The third kappa shape index (κ3) is 4.51. The first kappa shape index (κ1) is 24.4. The molecule has 1 aromatic carbocycles. The van der Waals surface area contributed by atoms with Crippen LogP contribution in [-0.4, -0.2) is 36.6 Å². The van der Waals surface area contributed by atoms with E-state index in [1.54, 1.807) is 24.5 Å². The van der Waals surface area contributed by atoms with E-state index in [0.29, 0.717) is 23.1 Å². The molecule has 4 aromatic rings. The Morgan fingerprint density at radius 1 is 1.08 bits per heavy atom. The minimum atomic E-state index is -0.382. The molecule has 0 saturated carbocycles. The number of aromatic nitrogens is 3. The second kappa shape index (κ2) is 9.98. The Morgan fingerprint density at radius 3 is 2.49 bits per heavy atom. The number of aryl methyl sites for hydroxylation is 1. The van der Waals surface area contributed by atoms with Crippen LogP contribution >= 0.6 is 12.2 Å². The van der Waals surface area contributed by atoms with Crippen molar-refractivity contribution in [1.82, 2.24) is 24.8 Å². The SMILES string of the molecule is COc1ccc(-n2c(C)cc([C@@H]3[C@H](c4ccccn4)NC(=S)N3Cc3ccccn3)c2C)c([N+](=O)[O-])c1. The molecule has 0 spiro atoms. The second-order valence-corrected chi connectivity index (χ2v) is 9.24. The standard InChI is InChI=1S/C27H26N6O3S/c1-17-14-21(18(2)32(17)23-11-10-20(36-3)15-24(23)33(34)35)26-25(22-9-5-7-13-29-22)30-27(37)31(26)16-19-8-4-6-12-28-19/h4-15,25-26H,16H2,1-3H3,(H,30,37)/t25-,26+/m0/s1. The van der Waals surface area contributed by atoms with Gasteiger partial charge in [0.2, 0.25) is 0 Å². The van der Waals surface area contributed by atoms with Gasteiger partial charge >= 0.3 is 0 Å². The Balaban J connectivity index is 1.65. The molecule has 37 heavy (non-hydrogen) atoms. The van der Waals surface area contributed by atoms with Crippen LogP contribution in [0.5, 0.6) is 5.75 Å². The van der Waals surface area contributed by atoms with E-state index in [1.165, 1.54) is 13.2 Å². The number of hydrogen-bond donors (Lipinski definition) is 1. The predicted molar refractivity (Wildman–Crippen MR) is 144 cm³/mol. The number of nitro groups is 1. The van der Waals surface area contributed by atoms with E-state index in [4.69, 9.17) is 17.0 Å². The van der Waals surface area contributed by atoms with E-state index >= 15 is 0 Å². The number of benzene rings is 1. The van der Waals surface area contributed by atoms with Gasteiger partial charge in [-0.1, -0.05) is 12.1 Å². The van der Waals surface area contributed by atoms with Gasteiger partial charge in [-0.2, -0.15) is 0 Å². The summed E-state index contributed by atoms with van der Waals surface area (Å²) in [4.78, 5) is 22.8. The van der Waals surface area contributed by atoms with Crippen molar-refractivity contribution in [3.63, 3.8) is 0 Å². The van der Waals surface area contributed by atoms with Gasteiger partial charge in [-0.15, -0.1) is 0 Å². The highest BCUT2D eigenvalue weighted by molar-refractivity contribution is 7.80. The molecule has 4 heterocycles. The number of ether oxygens (including phenoxy) is 1. The third-order valence-corrected chi connectivity index (χ3v) is 7.02. The summed E-state index contributed by atoms with van der Waals surface area (Å²) in [7, 11) is 1.49. The zero-order valence-electron chi connectivity index (χ0n) is 20.7. The molecular weight excluding hydrogens is 488 g/mol. The highest BCUT2D eigenvalue weighted by Gasteiger charge is 2.41. The van der Waals surface area contributed by atoms with Crippen molar-refractivity contribution in [3.05, 3.63) is 112 Å². The molecule has 1 fully saturated rings. The highest BCUT2D eigenvalue weighted by Crippen LogP contribution is 2.42. The van der Waals surface area contributed by atoms with Crippen molar-refractivity contribution in [2.75, 3.05) is 7.11 Å². The zero-order chi connectivity index (χ0) is 26.1. The van der Waals surface area contributed by atoms with Crippen LogP contribution in [-0.2, 0) is 6.54 Å². The fourth-order valence-corrected chi connectivity index (χ4v) is 5.31. The highest BCUT2D eigenvalue weighted by atomic mass is 32.1. The average Bonchev–Trinajstić information content (AvgIpc) is 3.39. The summed E-state index contributed by atoms with van der Waals surface area (Å²) in [5, 5.41) is 16.0. The zero-order valence-corrected chi connectivity index (χ0v) is 21.5. The Labute approximate surface area is 219 Å². The van der Waals surface area contributed by atoms with Crippen LogP contribution in [0.1, 0.15) is 40.4 Å². The fourth-order valence-electron chi connectivity index (χ4n) is 5.00. The first-order chi connectivity index (χ1) is 17.9. The third-order valence-electron chi connectivity index (χ3n) is 6.67. The van der Waals surface area contributed by atoms with E-state index in [9.17, 15) is 10.1 Å². The van der Waals surface area contributed by atoms with E-state index in [0.717, 1.165) is 28.3 Å². The number of hydrogen-bond acceptors (Lipinski definition) is 6. The lowest BCUT2D eigenvalue weighted by Crippen LogP contribution is -2.29. The summed E-state index contributed by atoms with van der Waals surface area (Å²) in [6.45, 7) is 4.43.